The molecule has 0 amide bonds. The molecule has 0 bridgehead atoms. The maximum atomic E-state index is 5.66. The summed E-state index contributed by atoms with van der Waals surface area (Å²) in [6, 6.07) is 82.4. The third-order valence-corrected chi connectivity index (χ3v) is 15.8. The first kappa shape index (κ1) is 36.9. The lowest BCUT2D eigenvalue weighted by atomic mass is 9.70. The van der Waals surface area contributed by atoms with Gasteiger partial charge in [0.05, 0.1) is 27.7 Å². The molecular weight excluding hydrogens is 831 g/mol. The van der Waals surface area contributed by atoms with Crippen LogP contribution in [0.15, 0.2) is 224 Å². The fraction of sp³-hybridized carbons (Fsp3) is 0.0159. The van der Waals surface area contributed by atoms with E-state index in [0.717, 1.165) is 55.8 Å². The van der Waals surface area contributed by atoms with Crippen molar-refractivity contribution >= 4 is 64.2 Å². The number of rotatable bonds is 4. The van der Waals surface area contributed by atoms with Gasteiger partial charge in [-0.3, -0.25) is 4.57 Å². The molecule has 0 atom stereocenters. The van der Waals surface area contributed by atoms with E-state index in [4.69, 9.17) is 9.97 Å². The first-order valence-electron chi connectivity index (χ1n) is 23.0. The van der Waals surface area contributed by atoms with E-state index in [0.29, 0.717) is 0 Å². The summed E-state index contributed by atoms with van der Waals surface area (Å²) in [4.78, 5) is 10.9. The fourth-order valence-electron chi connectivity index (χ4n) is 11.9. The Balaban J connectivity index is 0.993. The van der Waals surface area contributed by atoms with Gasteiger partial charge in [0.25, 0.3) is 0 Å². The lowest BCUT2D eigenvalue weighted by molar-refractivity contribution is 0.794. The molecule has 1 spiro atoms. The van der Waals surface area contributed by atoms with Crippen LogP contribution in [0, 0.1) is 0 Å². The quantitative estimate of drug-likeness (QED) is 0.165. The number of hydrogen-bond acceptors (Lipinski definition) is 3. The average molecular weight is 868 g/mol. The minimum atomic E-state index is -0.452. The summed E-state index contributed by atoms with van der Waals surface area (Å²) in [6.45, 7) is 0. The normalized spacial score (nSPS) is 13.2. The Labute approximate surface area is 390 Å². The van der Waals surface area contributed by atoms with Gasteiger partial charge in [-0.05, 0) is 98.6 Å². The lowest BCUT2D eigenvalue weighted by Gasteiger charge is -2.30. The van der Waals surface area contributed by atoms with Gasteiger partial charge >= 0.3 is 0 Å². The lowest BCUT2D eigenvalue weighted by Crippen LogP contribution is -2.25. The first-order valence-corrected chi connectivity index (χ1v) is 23.8. The Morgan fingerprint density at radius 1 is 0.373 bits per heavy atom. The molecule has 0 aliphatic heterocycles. The van der Waals surface area contributed by atoms with Crippen molar-refractivity contribution in [2.24, 2.45) is 0 Å². The van der Waals surface area contributed by atoms with Gasteiger partial charge in [0.2, 0.25) is 0 Å². The second-order valence-corrected chi connectivity index (χ2v) is 19.0. The number of thiophene rings is 1. The third-order valence-electron chi connectivity index (χ3n) is 14.6. The van der Waals surface area contributed by atoms with E-state index in [9.17, 15) is 0 Å². The molecule has 67 heavy (non-hydrogen) atoms. The molecule has 3 heterocycles. The maximum absolute atomic E-state index is 5.66. The van der Waals surface area contributed by atoms with Gasteiger partial charge in [0, 0.05) is 58.7 Å². The van der Waals surface area contributed by atoms with Gasteiger partial charge in [0.1, 0.15) is 5.82 Å². The van der Waals surface area contributed by atoms with Crippen LogP contribution in [0.4, 0.5) is 0 Å². The predicted octanol–water partition coefficient (Wildman–Crippen LogP) is 16.4. The predicted molar refractivity (Wildman–Crippen MR) is 279 cm³/mol. The molecule has 2 aliphatic rings. The minimum Gasteiger partial charge on any atom is -0.292 e. The van der Waals surface area contributed by atoms with E-state index in [-0.39, 0.29) is 0 Å². The molecule has 15 rings (SSSR count). The van der Waals surface area contributed by atoms with Crippen LogP contribution in [0.5, 0.6) is 0 Å². The van der Waals surface area contributed by atoms with Gasteiger partial charge in [0.15, 0.2) is 0 Å². The molecule has 2 aliphatic carbocycles. The Kier molecular flexibility index (Phi) is 7.58. The van der Waals surface area contributed by atoms with Gasteiger partial charge in [-0.2, -0.15) is 0 Å². The van der Waals surface area contributed by atoms with Crippen LogP contribution in [0.3, 0.4) is 0 Å². The zero-order valence-electron chi connectivity index (χ0n) is 36.1. The summed E-state index contributed by atoms with van der Waals surface area (Å²) in [5.41, 5.74) is 19.7. The zero-order valence-corrected chi connectivity index (χ0v) is 36.9. The fourth-order valence-corrected chi connectivity index (χ4v) is 13.1. The second-order valence-electron chi connectivity index (χ2n) is 17.9. The number of benzene rings is 10. The van der Waals surface area contributed by atoms with Gasteiger partial charge in [-0.1, -0.05) is 176 Å². The smallest absolute Gasteiger partial charge is 0.145 e. The second kappa shape index (κ2) is 13.8. The summed E-state index contributed by atoms with van der Waals surface area (Å²) < 4.78 is 4.83. The van der Waals surface area contributed by atoms with Crippen molar-refractivity contribution in [3.05, 3.63) is 247 Å². The molecule has 310 valence electrons. The van der Waals surface area contributed by atoms with Crippen molar-refractivity contribution in [1.82, 2.24) is 14.5 Å². The maximum Gasteiger partial charge on any atom is 0.145 e. The van der Waals surface area contributed by atoms with Crippen LogP contribution in [-0.2, 0) is 5.41 Å². The Morgan fingerprint density at radius 3 is 1.67 bits per heavy atom. The van der Waals surface area contributed by atoms with Crippen molar-refractivity contribution in [3.8, 4) is 61.7 Å². The minimum absolute atomic E-state index is 0.452. The van der Waals surface area contributed by atoms with E-state index in [1.807, 2.05) is 11.3 Å². The summed E-state index contributed by atoms with van der Waals surface area (Å²) in [7, 11) is 0. The first-order chi connectivity index (χ1) is 33.2. The highest BCUT2D eigenvalue weighted by Crippen LogP contribution is 2.63. The van der Waals surface area contributed by atoms with Crippen LogP contribution in [-0.4, -0.2) is 14.5 Å². The number of fused-ring (bicyclic) bond motifs is 18. The van der Waals surface area contributed by atoms with Crippen LogP contribution in [0.2, 0.25) is 0 Å². The molecule has 3 nitrogen and oxygen atoms in total. The van der Waals surface area contributed by atoms with E-state index in [1.54, 1.807) is 0 Å². The summed E-state index contributed by atoms with van der Waals surface area (Å²) >= 11 is 1.88. The highest BCUT2D eigenvalue weighted by molar-refractivity contribution is 7.26. The Hall–Kier alpha value is -8.44. The summed E-state index contributed by atoms with van der Waals surface area (Å²) in [5, 5.41) is 6.12. The number of nitrogens with zero attached hydrogens (tertiary/aromatic N) is 3. The van der Waals surface area contributed by atoms with Crippen molar-refractivity contribution < 1.29 is 0 Å². The van der Waals surface area contributed by atoms with Crippen LogP contribution >= 0.6 is 11.3 Å². The number of aromatic nitrogens is 3. The zero-order chi connectivity index (χ0) is 43.8. The van der Waals surface area contributed by atoms with E-state index >= 15 is 0 Å². The van der Waals surface area contributed by atoms with E-state index in [2.05, 4.69) is 229 Å². The van der Waals surface area contributed by atoms with Crippen molar-refractivity contribution in [3.63, 3.8) is 0 Å². The molecule has 0 N–H and O–H groups in total. The molecule has 10 aromatic carbocycles. The summed E-state index contributed by atoms with van der Waals surface area (Å²) in [6.07, 6.45) is 0. The van der Waals surface area contributed by atoms with Crippen LogP contribution in [0.1, 0.15) is 22.3 Å². The average Bonchev–Trinajstić information content (AvgIpc) is 4.14. The molecule has 0 unspecified atom stereocenters. The SMILES string of the molecule is c1ccc(-n2c(-c3ccc(-c4cc5c(-c6ccc7c(c6)C6(c8ccccc8-c8ccccc86)c6ccccc6-7)nc6ccccc6c5c5c4sc4ccccc45)cc3)nc3ccccc32)cc1. The molecule has 3 aromatic heterocycles. The van der Waals surface area contributed by atoms with Gasteiger partial charge in [-0.15, -0.1) is 11.3 Å². The van der Waals surface area contributed by atoms with Crippen molar-refractivity contribution in [2.75, 3.05) is 0 Å². The van der Waals surface area contributed by atoms with E-state index in [1.165, 1.54) is 81.0 Å². The van der Waals surface area contributed by atoms with Crippen molar-refractivity contribution in [2.45, 2.75) is 5.41 Å². The number of imidazole rings is 1. The summed E-state index contributed by atoms with van der Waals surface area (Å²) in [5.74, 6) is 0.923. The molecule has 13 aromatic rings. The monoisotopic (exact) mass is 867 g/mol. The largest absolute Gasteiger partial charge is 0.292 e. The van der Waals surface area contributed by atoms with Crippen molar-refractivity contribution in [1.29, 1.82) is 0 Å². The van der Waals surface area contributed by atoms with E-state index < -0.39 is 5.41 Å². The molecule has 0 fully saturated rings. The molecule has 0 radical (unpaired) electrons. The standard InChI is InChI=1S/C63H37N3S/c1-2-16-41(17-3-1)66-56-28-14-13-27-55(56)65-62(66)39-32-30-38(31-33-39)48-37-49-58(59-47-22-8-15-29-57(47)67-61(48)59)46-21-7-12-26-54(46)64-60(49)40-34-35-45-44-20-6-11-25-52(44)63(53(45)36-40)50-23-9-4-18-42(50)43-19-5-10-24-51(43)63/h1-37H. The topological polar surface area (TPSA) is 30.7 Å². The highest BCUT2D eigenvalue weighted by Gasteiger charge is 2.51. The van der Waals surface area contributed by atoms with Gasteiger partial charge < -0.3 is 0 Å². The van der Waals surface area contributed by atoms with Crippen LogP contribution < -0.4 is 0 Å². The Bertz CT molecular complexity index is 4150. The van der Waals surface area contributed by atoms with Crippen LogP contribution in [0.25, 0.3) is 115 Å². The Morgan fingerprint density at radius 2 is 0.940 bits per heavy atom. The molecule has 0 saturated heterocycles. The number of pyridine rings is 1. The third kappa shape index (κ3) is 5.00. The molecular formula is C63H37N3S. The molecule has 4 heteroatoms. The molecule has 0 saturated carbocycles. The number of hydrogen-bond donors (Lipinski definition) is 0. The number of para-hydroxylation sites is 4. The highest BCUT2D eigenvalue weighted by atomic mass is 32.1. The van der Waals surface area contributed by atoms with Gasteiger partial charge in [-0.25, -0.2) is 9.97 Å².